The van der Waals surface area contributed by atoms with E-state index in [-0.39, 0.29) is 0 Å². The van der Waals surface area contributed by atoms with Crippen LogP contribution in [0.25, 0.3) is 0 Å². The van der Waals surface area contributed by atoms with Crippen LogP contribution in [0.5, 0.6) is 5.75 Å². The molecule has 3 heteroatoms. The molecule has 0 radical (unpaired) electrons. The summed E-state index contributed by atoms with van der Waals surface area (Å²) in [5.74, 6) is 1.46. The number of ether oxygens (including phenoxy) is 1. The summed E-state index contributed by atoms with van der Waals surface area (Å²) in [6.45, 7) is 5.18. The van der Waals surface area contributed by atoms with Gasteiger partial charge in [-0.25, -0.2) is 0 Å². The Morgan fingerprint density at radius 3 is 2.53 bits per heavy atom. The van der Waals surface area contributed by atoms with Gasteiger partial charge >= 0.3 is 0 Å². The minimum Gasteiger partial charge on any atom is -0.496 e. The Balaban J connectivity index is 3.03. The molecule has 96 valence electrons. The summed E-state index contributed by atoms with van der Waals surface area (Å²) in [4.78, 5) is 0. The highest BCUT2D eigenvalue weighted by molar-refractivity contribution is 9.10. The second kappa shape index (κ2) is 7.02. The first-order valence-electron chi connectivity index (χ1n) is 6.16. The minimum absolute atomic E-state index is 0.478. The number of hydrogen-bond donors (Lipinski definition) is 1. The fraction of sp³-hybridized carbons (Fsp3) is 0.571. The van der Waals surface area contributed by atoms with Gasteiger partial charge in [0, 0.05) is 4.47 Å². The van der Waals surface area contributed by atoms with Crippen LogP contribution in [-0.2, 0) is 6.42 Å². The Labute approximate surface area is 113 Å². The minimum atomic E-state index is 0.478. The lowest BCUT2D eigenvalue weighted by atomic mass is 9.93. The SMILES string of the molecule is COc1cc(Br)cc(CCCCN)c1C(C)C. The van der Waals surface area contributed by atoms with Crippen LogP contribution >= 0.6 is 15.9 Å². The van der Waals surface area contributed by atoms with E-state index in [1.807, 2.05) is 6.07 Å². The highest BCUT2D eigenvalue weighted by Gasteiger charge is 2.13. The van der Waals surface area contributed by atoms with Gasteiger partial charge in [-0.15, -0.1) is 0 Å². The van der Waals surface area contributed by atoms with Gasteiger partial charge in [-0.05, 0) is 55.0 Å². The first-order valence-corrected chi connectivity index (χ1v) is 6.95. The predicted molar refractivity (Wildman–Crippen MR) is 76.8 cm³/mol. The lowest BCUT2D eigenvalue weighted by Gasteiger charge is -2.17. The Morgan fingerprint density at radius 2 is 2.00 bits per heavy atom. The van der Waals surface area contributed by atoms with Crippen LogP contribution in [0.2, 0.25) is 0 Å². The summed E-state index contributed by atoms with van der Waals surface area (Å²) in [6, 6.07) is 4.25. The smallest absolute Gasteiger partial charge is 0.123 e. The molecule has 0 amide bonds. The molecule has 2 N–H and O–H groups in total. The van der Waals surface area contributed by atoms with Crippen LogP contribution in [-0.4, -0.2) is 13.7 Å². The van der Waals surface area contributed by atoms with Crippen LogP contribution in [0.1, 0.15) is 43.7 Å². The lowest BCUT2D eigenvalue weighted by molar-refractivity contribution is 0.406. The molecule has 1 aromatic carbocycles. The molecule has 0 aliphatic rings. The van der Waals surface area contributed by atoms with Crippen molar-refractivity contribution in [2.75, 3.05) is 13.7 Å². The van der Waals surface area contributed by atoms with Gasteiger partial charge in [0.1, 0.15) is 5.75 Å². The fourth-order valence-corrected chi connectivity index (χ4v) is 2.62. The molecule has 0 saturated carbocycles. The van der Waals surface area contributed by atoms with Gasteiger partial charge in [-0.2, -0.15) is 0 Å². The van der Waals surface area contributed by atoms with Crippen molar-refractivity contribution in [2.45, 2.75) is 39.0 Å². The number of unbranched alkanes of at least 4 members (excludes halogenated alkanes) is 1. The van der Waals surface area contributed by atoms with Gasteiger partial charge in [-0.1, -0.05) is 29.8 Å². The standard InChI is InChI=1S/C14H22BrNO/c1-10(2)14-11(6-4-5-7-16)8-12(15)9-13(14)17-3/h8-10H,4-7,16H2,1-3H3. The molecule has 0 atom stereocenters. The molecule has 1 rings (SSSR count). The zero-order chi connectivity index (χ0) is 12.8. The topological polar surface area (TPSA) is 35.2 Å². The number of rotatable bonds is 6. The summed E-state index contributed by atoms with van der Waals surface area (Å²) in [6.07, 6.45) is 3.28. The van der Waals surface area contributed by atoms with Gasteiger partial charge in [0.15, 0.2) is 0 Å². The van der Waals surface area contributed by atoms with Crippen LogP contribution in [0.15, 0.2) is 16.6 Å². The van der Waals surface area contributed by atoms with Crippen molar-refractivity contribution >= 4 is 15.9 Å². The van der Waals surface area contributed by atoms with Crippen molar-refractivity contribution in [3.8, 4) is 5.75 Å². The molecule has 17 heavy (non-hydrogen) atoms. The van der Waals surface area contributed by atoms with E-state index in [0.717, 1.165) is 36.0 Å². The average molecular weight is 300 g/mol. The van der Waals surface area contributed by atoms with Gasteiger partial charge in [0.2, 0.25) is 0 Å². The first-order chi connectivity index (χ1) is 8.10. The maximum atomic E-state index is 5.54. The zero-order valence-corrected chi connectivity index (χ0v) is 12.5. The highest BCUT2D eigenvalue weighted by Crippen LogP contribution is 2.34. The molecule has 1 aromatic rings. The number of hydrogen-bond acceptors (Lipinski definition) is 2. The van der Waals surface area contributed by atoms with Crippen molar-refractivity contribution in [1.29, 1.82) is 0 Å². The Bertz CT molecular complexity index is 363. The Kier molecular flexibility index (Phi) is 6.00. The summed E-state index contributed by atoms with van der Waals surface area (Å²) >= 11 is 3.54. The van der Waals surface area contributed by atoms with E-state index in [9.17, 15) is 0 Å². The molecule has 0 spiro atoms. The fourth-order valence-electron chi connectivity index (χ4n) is 2.14. The largest absolute Gasteiger partial charge is 0.496 e. The molecule has 0 aromatic heterocycles. The van der Waals surface area contributed by atoms with Gasteiger partial charge in [0.05, 0.1) is 7.11 Å². The average Bonchev–Trinajstić information content (AvgIpc) is 2.28. The Morgan fingerprint density at radius 1 is 1.29 bits per heavy atom. The van der Waals surface area contributed by atoms with E-state index in [0.29, 0.717) is 5.92 Å². The quantitative estimate of drug-likeness (QED) is 0.810. The third-order valence-electron chi connectivity index (χ3n) is 2.89. The maximum absolute atomic E-state index is 5.54. The molecule has 0 aliphatic heterocycles. The third kappa shape index (κ3) is 4.00. The molecular weight excluding hydrogens is 278 g/mol. The van der Waals surface area contributed by atoms with E-state index in [4.69, 9.17) is 10.5 Å². The second-order valence-electron chi connectivity index (χ2n) is 4.58. The molecule has 0 unspecified atom stereocenters. The molecule has 0 saturated heterocycles. The zero-order valence-electron chi connectivity index (χ0n) is 10.9. The molecule has 0 bridgehead atoms. The summed E-state index contributed by atoms with van der Waals surface area (Å²) in [7, 11) is 1.73. The normalized spacial score (nSPS) is 10.9. The number of halogens is 1. The molecular formula is C14H22BrNO. The number of nitrogens with two attached hydrogens (primary N) is 1. The van der Waals surface area contributed by atoms with Crippen LogP contribution in [0, 0.1) is 0 Å². The van der Waals surface area contributed by atoms with E-state index in [1.165, 1.54) is 11.1 Å². The lowest BCUT2D eigenvalue weighted by Crippen LogP contribution is -2.03. The Hall–Kier alpha value is -0.540. The van der Waals surface area contributed by atoms with Crippen molar-refractivity contribution in [3.05, 3.63) is 27.7 Å². The number of benzene rings is 1. The van der Waals surface area contributed by atoms with Crippen molar-refractivity contribution in [1.82, 2.24) is 0 Å². The summed E-state index contributed by atoms with van der Waals surface area (Å²) < 4.78 is 6.56. The highest BCUT2D eigenvalue weighted by atomic mass is 79.9. The summed E-state index contributed by atoms with van der Waals surface area (Å²) in [5, 5.41) is 0. The van der Waals surface area contributed by atoms with Crippen molar-refractivity contribution in [2.24, 2.45) is 5.73 Å². The first kappa shape index (κ1) is 14.5. The predicted octanol–water partition coefficient (Wildman–Crippen LogP) is 3.86. The van der Waals surface area contributed by atoms with Crippen molar-refractivity contribution in [3.63, 3.8) is 0 Å². The third-order valence-corrected chi connectivity index (χ3v) is 3.35. The van der Waals surface area contributed by atoms with E-state index < -0.39 is 0 Å². The van der Waals surface area contributed by atoms with E-state index in [2.05, 4.69) is 35.8 Å². The van der Waals surface area contributed by atoms with Gasteiger partial charge in [-0.3, -0.25) is 0 Å². The molecule has 0 fully saturated rings. The molecule has 0 heterocycles. The monoisotopic (exact) mass is 299 g/mol. The van der Waals surface area contributed by atoms with Gasteiger partial charge < -0.3 is 10.5 Å². The van der Waals surface area contributed by atoms with Crippen LogP contribution in [0.4, 0.5) is 0 Å². The van der Waals surface area contributed by atoms with E-state index in [1.54, 1.807) is 7.11 Å². The number of methoxy groups -OCH3 is 1. The van der Waals surface area contributed by atoms with Crippen LogP contribution in [0.3, 0.4) is 0 Å². The molecule has 0 aliphatic carbocycles. The van der Waals surface area contributed by atoms with Crippen LogP contribution < -0.4 is 10.5 Å². The van der Waals surface area contributed by atoms with Crippen molar-refractivity contribution < 1.29 is 4.74 Å². The molecule has 2 nitrogen and oxygen atoms in total. The van der Waals surface area contributed by atoms with E-state index >= 15 is 0 Å². The number of aryl methyl sites for hydroxylation is 1. The maximum Gasteiger partial charge on any atom is 0.123 e. The summed E-state index contributed by atoms with van der Waals surface area (Å²) in [5.41, 5.74) is 8.24. The van der Waals surface area contributed by atoms with Gasteiger partial charge in [0.25, 0.3) is 0 Å². The second-order valence-corrected chi connectivity index (χ2v) is 5.50.